The molecule has 2 amide bonds. The molecule has 33 heavy (non-hydrogen) atoms. The average molecular weight is 484 g/mol. The summed E-state index contributed by atoms with van der Waals surface area (Å²) in [6.45, 7) is 4.60. The minimum absolute atomic E-state index is 0.0549. The van der Waals surface area contributed by atoms with E-state index < -0.39 is 5.25 Å². The summed E-state index contributed by atoms with van der Waals surface area (Å²) in [7, 11) is 1.57. The first-order valence-corrected chi connectivity index (χ1v) is 12.0. The molecule has 2 aromatic rings. The molecule has 0 radical (unpaired) electrons. The third kappa shape index (κ3) is 5.04. The number of thiocarbonyl (C=S) groups is 1. The predicted octanol–water partition coefficient (Wildman–Crippen LogP) is 3.37. The summed E-state index contributed by atoms with van der Waals surface area (Å²) >= 11 is 6.92. The summed E-state index contributed by atoms with van der Waals surface area (Å²) in [4.78, 5) is 42.6. The van der Waals surface area contributed by atoms with Gasteiger partial charge >= 0.3 is 0 Å². The van der Waals surface area contributed by atoms with Crippen LogP contribution < -0.4 is 14.5 Å². The number of amides is 2. The Kier molecular flexibility index (Phi) is 6.99. The maximum atomic E-state index is 12.9. The van der Waals surface area contributed by atoms with Gasteiger partial charge in [0.1, 0.15) is 15.3 Å². The number of ether oxygens (including phenoxy) is 1. The number of ketones is 1. The Bertz CT molecular complexity index is 1060. The van der Waals surface area contributed by atoms with Gasteiger partial charge in [-0.2, -0.15) is 0 Å². The number of carbonyl (C=O) groups excluding carboxylic acids is 3. The van der Waals surface area contributed by atoms with Gasteiger partial charge in [0.15, 0.2) is 5.78 Å². The van der Waals surface area contributed by atoms with Crippen LogP contribution in [0.3, 0.4) is 0 Å². The molecule has 2 fully saturated rings. The van der Waals surface area contributed by atoms with E-state index in [0.717, 1.165) is 31.9 Å². The molecule has 0 aromatic heterocycles. The van der Waals surface area contributed by atoms with Crippen LogP contribution in [0.2, 0.25) is 0 Å². The van der Waals surface area contributed by atoms with Crippen LogP contribution in [0.15, 0.2) is 48.5 Å². The summed E-state index contributed by atoms with van der Waals surface area (Å²) in [6.07, 6.45) is 0.137. The van der Waals surface area contributed by atoms with Crippen molar-refractivity contribution in [3.63, 3.8) is 0 Å². The molecule has 0 aliphatic carbocycles. The van der Waals surface area contributed by atoms with Crippen LogP contribution in [0, 0.1) is 0 Å². The number of hydrogen-bond donors (Lipinski definition) is 0. The van der Waals surface area contributed by atoms with Gasteiger partial charge in [0.25, 0.3) is 0 Å². The molecule has 0 spiro atoms. The van der Waals surface area contributed by atoms with E-state index in [0.29, 0.717) is 21.3 Å². The van der Waals surface area contributed by atoms with Gasteiger partial charge in [0, 0.05) is 43.9 Å². The number of anilines is 2. The summed E-state index contributed by atoms with van der Waals surface area (Å²) in [6, 6.07) is 14.5. The SMILES string of the molecule is COc1ccc(N2C(=O)C[C@@H](SC(=S)N3CCN(c4ccc(C(C)=O)cc4)CC3)C2=O)cc1. The molecule has 9 heteroatoms. The van der Waals surface area contributed by atoms with Crippen LogP contribution >= 0.6 is 24.0 Å². The highest BCUT2D eigenvalue weighted by Gasteiger charge is 2.41. The highest BCUT2D eigenvalue weighted by molar-refractivity contribution is 8.23. The number of carbonyl (C=O) groups is 3. The van der Waals surface area contributed by atoms with Crippen molar-refractivity contribution < 1.29 is 19.1 Å². The van der Waals surface area contributed by atoms with Gasteiger partial charge < -0.3 is 14.5 Å². The molecule has 2 aliphatic rings. The summed E-state index contributed by atoms with van der Waals surface area (Å²) in [5.41, 5.74) is 2.32. The molecular formula is C24H25N3O4S2. The number of hydrogen-bond acceptors (Lipinski definition) is 7. The van der Waals surface area contributed by atoms with Crippen LogP contribution in [-0.2, 0) is 9.59 Å². The fourth-order valence-corrected chi connectivity index (χ4v) is 5.49. The van der Waals surface area contributed by atoms with E-state index in [1.165, 1.54) is 16.7 Å². The summed E-state index contributed by atoms with van der Waals surface area (Å²) in [5.74, 6) is 0.268. The molecule has 172 valence electrons. The highest BCUT2D eigenvalue weighted by atomic mass is 32.2. The summed E-state index contributed by atoms with van der Waals surface area (Å²) < 4.78 is 5.79. The quantitative estimate of drug-likeness (QED) is 0.364. The largest absolute Gasteiger partial charge is 0.497 e. The number of piperazine rings is 1. The second-order valence-electron chi connectivity index (χ2n) is 7.92. The molecule has 4 rings (SSSR count). The van der Waals surface area contributed by atoms with Gasteiger partial charge in [-0.3, -0.25) is 14.4 Å². The van der Waals surface area contributed by atoms with E-state index in [9.17, 15) is 14.4 Å². The zero-order valence-electron chi connectivity index (χ0n) is 18.5. The minimum atomic E-state index is -0.510. The van der Waals surface area contributed by atoms with Crippen molar-refractivity contribution in [2.45, 2.75) is 18.6 Å². The standard InChI is InChI=1S/C24H25N3O4S2/c1-16(28)17-3-5-18(6-4-17)25-11-13-26(14-12-25)24(32)33-21-15-22(29)27(23(21)30)19-7-9-20(31-2)10-8-19/h3-10,21H,11-15H2,1-2H3/t21-/m1/s1. The van der Waals surface area contributed by atoms with Gasteiger partial charge in [-0.15, -0.1) is 0 Å². The molecule has 1 atom stereocenters. The maximum Gasteiger partial charge on any atom is 0.247 e. The van der Waals surface area contributed by atoms with Crippen LogP contribution in [0.25, 0.3) is 0 Å². The zero-order chi connectivity index (χ0) is 23.5. The van der Waals surface area contributed by atoms with Crippen molar-refractivity contribution in [1.82, 2.24) is 4.90 Å². The predicted molar refractivity (Wildman–Crippen MR) is 134 cm³/mol. The van der Waals surface area contributed by atoms with Gasteiger partial charge in [0.05, 0.1) is 12.8 Å². The Morgan fingerprint density at radius 2 is 1.58 bits per heavy atom. The Morgan fingerprint density at radius 3 is 2.15 bits per heavy atom. The fourth-order valence-electron chi connectivity index (χ4n) is 3.95. The van der Waals surface area contributed by atoms with Crippen molar-refractivity contribution in [3.05, 3.63) is 54.1 Å². The van der Waals surface area contributed by atoms with Gasteiger partial charge in [-0.1, -0.05) is 24.0 Å². The number of thioether (sulfide) groups is 1. The van der Waals surface area contributed by atoms with E-state index >= 15 is 0 Å². The molecular weight excluding hydrogens is 458 g/mol. The molecule has 0 saturated carbocycles. The number of Topliss-reactive ketones (excluding diaryl/α,β-unsaturated/α-hetero) is 1. The van der Waals surface area contributed by atoms with Gasteiger partial charge in [-0.25, -0.2) is 4.90 Å². The summed E-state index contributed by atoms with van der Waals surface area (Å²) in [5, 5.41) is -0.510. The topological polar surface area (TPSA) is 70.2 Å². The number of imide groups is 1. The normalized spacial score (nSPS) is 18.6. The van der Waals surface area contributed by atoms with Crippen molar-refractivity contribution in [3.8, 4) is 5.75 Å². The van der Waals surface area contributed by atoms with Crippen LogP contribution in [0.4, 0.5) is 11.4 Å². The van der Waals surface area contributed by atoms with E-state index in [4.69, 9.17) is 17.0 Å². The second kappa shape index (κ2) is 9.93. The van der Waals surface area contributed by atoms with Crippen molar-refractivity contribution in [2.75, 3.05) is 43.1 Å². The Balaban J connectivity index is 1.33. The molecule has 0 N–H and O–H groups in total. The molecule has 0 bridgehead atoms. The maximum absolute atomic E-state index is 12.9. The lowest BCUT2D eigenvalue weighted by Gasteiger charge is -2.37. The first kappa shape index (κ1) is 23.3. The number of nitrogens with zero attached hydrogens (tertiary/aromatic N) is 3. The van der Waals surface area contributed by atoms with Crippen LogP contribution in [0.5, 0.6) is 5.75 Å². The van der Waals surface area contributed by atoms with Crippen LogP contribution in [0.1, 0.15) is 23.7 Å². The number of benzene rings is 2. The Hall–Kier alpha value is -2.91. The fraction of sp³-hybridized carbons (Fsp3) is 0.333. The molecule has 7 nitrogen and oxygen atoms in total. The van der Waals surface area contributed by atoms with E-state index in [1.54, 1.807) is 38.3 Å². The van der Waals surface area contributed by atoms with Gasteiger partial charge in [0.2, 0.25) is 11.8 Å². The van der Waals surface area contributed by atoms with Crippen LogP contribution in [-0.4, -0.2) is 65.4 Å². The van der Waals surface area contributed by atoms with E-state index in [1.807, 2.05) is 24.3 Å². The third-order valence-corrected chi connectivity index (χ3v) is 7.52. The first-order chi connectivity index (χ1) is 15.9. The monoisotopic (exact) mass is 483 g/mol. The minimum Gasteiger partial charge on any atom is -0.497 e. The Morgan fingerprint density at radius 1 is 0.970 bits per heavy atom. The number of methoxy groups -OCH3 is 1. The molecule has 2 aromatic carbocycles. The van der Waals surface area contributed by atoms with Crippen molar-refractivity contribution >= 4 is 57.3 Å². The third-order valence-electron chi connectivity index (χ3n) is 5.86. The molecule has 2 heterocycles. The van der Waals surface area contributed by atoms with Crippen molar-refractivity contribution in [1.29, 1.82) is 0 Å². The first-order valence-electron chi connectivity index (χ1n) is 10.7. The molecule has 2 aliphatic heterocycles. The lowest BCUT2D eigenvalue weighted by Crippen LogP contribution is -2.48. The second-order valence-corrected chi connectivity index (χ2v) is 9.76. The average Bonchev–Trinajstić information content (AvgIpc) is 3.11. The van der Waals surface area contributed by atoms with Crippen molar-refractivity contribution in [2.24, 2.45) is 0 Å². The Labute approximate surface area is 202 Å². The lowest BCUT2D eigenvalue weighted by molar-refractivity contribution is -0.121. The smallest absolute Gasteiger partial charge is 0.247 e. The zero-order valence-corrected chi connectivity index (χ0v) is 20.2. The molecule has 2 saturated heterocycles. The number of rotatable bonds is 5. The lowest BCUT2D eigenvalue weighted by atomic mass is 10.1. The molecule has 0 unspecified atom stereocenters. The van der Waals surface area contributed by atoms with Gasteiger partial charge in [-0.05, 0) is 55.5 Å². The van der Waals surface area contributed by atoms with E-state index in [2.05, 4.69) is 9.80 Å². The van der Waals surface area contributed by atoms with E-state index in [-0.39, 0.29) is 24.0 Å². The highest BCUT2D eigenvalue weighted by Crippen LogP contribution is 2.32.